The summed E-state index contributed by atoms with van der Waals surface area (Å²) in [6.07, 6.45) is 5.25. The molecule has 6 nitrogen and oxygen atoms in total. The first-order valence-corrected chi connectivity index (χ1v) is 4.10. The Morgan fingerprint density at radius 1 is 1.29 bits per heavy atom. The van der Waals surface area contributed by atoms with Crippen molar-refractivity contribution in [2.24, 2.45) is 0 Å². The minimum absolute atomic E-state index is 0.600. The molecular formula is C8H8N6. The fraction of sp³-hybridized carbons (Fsp3) is 0.125. The molecule has 0 unspecified atom stereocenters. The third kappa shape index (κ3) is 1.63. The van der Waals surface area contributed by atoms with Gasteiger partial charge in [0.25, 0.3) is 0 Å². The molecule has 0 amide bonds. The van der Waals surface area contributed by atoms with Crippen molar-refractivity contribution < 1.29 is 0 Å². The molecule has 0 bridgehead atoms. The molecule has 2 rings (SSSR count). The molecular weight excluding hydrogens is 180 g/mol. The molecule has 0 fully saturated rings. The van der Waals surface area contributed by atoms with E-state index in [1.165, 1.54) is 11.0 Å². The standard InChI is InChI=1S/C8H8N6/c1-2-3-7-4-5-8(11-10-7)14-6-9-12-13-14/h2-6H,1H3/b3-2-. The largest absolute Gasteiger partial charge is 0.180 e. The van der Waals surface area contributed by atoms with Crippen molar-refractivity contribution >= 4 is 6.08 Å². The number of allylic oxidation sites excluding steroid dienone is 1. The maximum Gasteiger partial charge on any atom is 0.179 e. The predicted octanol–water partition coefficient (Wildman–Crippen LogP) is 0.485. The summed E-state index contributed by atoms with van der Waals surface area (Å²) >= 11 is 0. The summed E-state index contributed by atoms with van der Waals surface area (Å²) in [5.74, 6) is 0.600. The highest BCUT2D eigenvalue weighted by molar-refractivity contribution is 5.43. The van der Waals surface area contributed by atoms with Crippen molar-refractivity contribution in [1.82, 2.24) is 30.4 Å². The number of rotatable bonds is 2. The van der Waals surface area contributed by atoms with Crippen LogP contribution in [0.4, 0.5) is 0 Å². The van der Waals surface area contributed by atoms with Gasteiger partial charge in [-0.2, -0.15) is 4.68 Å². The normalized spacial score (nSPS) is 10.9. The molecule has 0 saturated carbocycles. The Kier molecular flexibility index (Phi) is 2.26. The molecule has 70 valence electrons. The molecule has 6 heteroatoms. The number of hydrogen-bond donors (Lipinski definition) is 0. The molecule has 0 spiro atoms. The van der Waals surface area contributed by atoms with E-state index in [-0.39, 0.29) is 0 Å². The Morgan fingerprint density at radius 3 is 2.79 bits per heavy atom. The van der Waals surface area contributed by atoms with E-state index in [0.29, 0.717) is 5.82 Å². The fourth-order valence-electron chi connectivity index (χ4n) is 0.984. The summed E-state index contributed by atoms with van der Waals surface area (Å²) in [7, 11) is 0. The molecule has 0 atom stereocenters. The maximum absolute atomic E-state index is 3.97. The zero-order valence-corrected chi connectivity index (χ0v) is 7.57. The highest BCUT2D eigenvalue weighted by atomic mass is 15.5. The van der Waals surface area contributed by atoms with Crippen LogP contribution in [0.1, 0.15) is 12.6 Å². The lowest BCUT2D eigenvalue weighted by atomic mass is 10.3. The second kappa shape index (κ2) is 3.73. The molecule has 2 aromatic heterocycles. The average molecular weight is 188 g/mol. The summed E-state index contributed by atoms with van der Waals surface area (Å²) in [5.41, 5.74) is 0.810. The van der Waals surface area contributed by atoms with Gasteiger partial charge in [0, 0.05) is 0 Å². The highest BCUT2D eigenvalue weighted by Gasteiger charge is 1.98. The number of tetrazole rings is 1. The third-order valence-corrected chi connectivity index (χ3v) is 1.59. The van der Waals surface area contributed by atoms with Gasteiger partial charge in [-0.05, 0) is 35.6 Å². The van der Waals surface area contributed by atoms with Crippen LogP contribution in [0.25, 0.3) is 11.9 Å². The zero-order valence-electron chi connectivity index (χ0n) is 7.57. The predicted molar refractivity (Wildman–Crippen MR) is 49.5 cm³/mol. The van der Waals surface area contributed by atoms with E-state index in [2.05, 4.69) is 25.7 Å². The van der Waals surface area contributed by atoms with Gasteiger partial charge in [0.15, 0.2) is 5.82 Å². The Bertz CT molecular complexity index is 416. The van der Waals surface area contributed by atoms with Crippen molar-refractivity contribution in [3.63, 3.8) is 0 Å². The van der Waals surface area contributed by atoms with Gasteiger partial charge in [0.05, 0.1) is 5.69 Å². The lowest BCUT2D eigenvalue weighted by molar-refractivity contribution is 0.754. The van der Waals surface area contributed by atoms with Crippen LogP contribution in [0.5, 0.6) is 0 Å². The number of hydrogen-bond acceptors (Lipinski definition) is 5. The van der Waals surface area contributed by atoms with Crippen LogP contribution < -0.4 is 0 Å². The van der Waals surface area contributed by atoms with Gasteiger partial charge in [0.2, 0.25) is 0 Å². The van der Waals surface area contributed by atoms with E-state index in [4.69, 9.17) is 0 Å². The molecule has 0 aliphatic rings. The van der Waals surface area contributed by atoms with Crippen LogP contribution in [-0.4, -0.2) is 30.4 Å². The van der Waals surface area contributed by atoms with E-state index in [1.54, 1.807) is 6.07 Å². The molecule has 2 aromatic rings. The summed E-state index contributed by atoms with van der Waals surface area (Å²) in [4.78, 5) is 0. The van der Waals surface area contributed by atoms with Gasteiger partial charge in [-0.25, -0.2) is 0 Å². The minimum Gasteiger partial charge on any atom is -0.180 e. The fourth-order valence-corrected chi connectivity index (χ4v) is 0.984. The molecule has 14 heavy (non-hydrogen) atoms. The van der Waals surface area contributed by atoms with Gasteiger partial charge in [0.1, 0.15) is 6.33 Å². The molecule has 0 aliphatic carbocycles. The monoisotopic (exact) mass is 188 g/mol. The van der Waals surface area contributed by atoms with Gasteiger partial charge >= 0.3 is 0 Å². The SMILES string of the molecule is C/C=C\c1ccc(-n2cnnn2)nn1. The molecule has 0 N–H and O–H groups in total. The van der Waals surface area contributed by atoms with Gasteiger partial charge in [-0.3, -0.25) is 0 Å². The second-order valence-corrected chi connectivity index (χ2v) is 2.57. The Balaban J connectivity index is 2.31. The zero-order chi connectivity index (χ0) is 9.80. The quantitative estimate of drug-likeness (QED) is 0.685. The van der Waals surface area contributed by atoms with Gasteiger partial charge in [-0.1, -0.05) is 6.08 Å². The topological polar surface area (TPSA) is 69.4 Å². The van der Waals surface area contributed by atoms with Crippen molar-refractivity contribution in [3.05, 3.63) is 30.2 Å². The Labute approximate surface area is 80.3 Å². The maximum atomic E-state index is 3.97. The second-order valence-electron chi connectivity index (χ2n) is 2.57. The van der Waals surface area contributed by atoms with Crippen molar-refractivity contribution in [1.29, 1.82) is 0 Å². The van der Waals surface area contributed by atoms with Crippen LogP contribution in [0.3, 0.4) is 0 Å². The summed E-state index contributed by atoms with van der Waals surface area (Å²) in [6.45, 7) is 1.93. The molecule has 0 saturated heterocycles. The molecule has 0 radical (unpaired) electrons. The first kappa shape index (κ1) is 8.49. The summed E-state index contributed by atoms with van der Waals surface area (Å²) < 4.78 is 1.45. The first-order chi connectivity index (χ1) is 6.90. The minimum atomic E-state index is 0.600. The Morgan fingerprint density at radius 2 is 2.21 bits per heavy atom. The number of aromatic nitrogens is 6. The number of nitrogens with zero attached hydrogens (tertiary/aromatic N) is 6. The third-order valence-electron chi connectivity index (χ3n) is 1.59. The van der Waals surface area contributed by atoms with E-state index in [9.17, 15) is 0 Å². The summed E-state index contributed by atoms with van der Waals surface area (Å²) in [6, 6.07) is 3.66. The highest BCUT2D eigenvalue weighted by Crippen LogP contribution is 2.01. The van der Waals surface area contributed by atoms with E-state index < -0.39 is 0 Å². The summed E-state index contributed by atoms with van der Waals surface area (Å²) in [5, 5.41) is 18.6. The van der Waals surface area contributed by atoms with Crippen molar-refractivity contribution in [2.75, 3.05) is 0 Å². The van der Waals surface area contributed by atoms with Crippen molar-refractivity contribution in [3.8, 4) is 5.82 Å². The first-order valence-electron chi connectivity index (χ1n) is 4.10. The van der Waals surface area contributed by atoms with Crippen LogP contribution in [-0.2, 0) is 0 Å². The lowest BCUT2D eigenvalue weighted by Gasteiger charge is -1.96. The van der Waals surface area contributed by atoms with Gasteiger partial charge < -0.3 is 0 Å². The van der Waals surface area contributed by atoms with Crippen molar-refractivity contribution in [2.45, 2.75) is 6.92 Å². The molecule has 2 heterocycles. The van der Waals surface area contributed by atoms with Crippen LogP contribution >= 0.6 is 0 Å². The smallest absolute Gasteiger partial charge is 0.179 e. The molecule has 0 aliphatic heterocycles. The van der Waals surface area contributed by atoms with Gasteiger partial charge in [-0.15, -0.1) is 15.3 Å². The lowest BCUT2D eigenvalue weighted by Crippen LogP contribution is -2.00. The van der Waals surface area contributed by atoms with E-state index >= 15 is 0 Å². The van der Waals surface area contributed by atoms with E-state index in [0.717, 1.165) is 5.69 Å². The Hall–Kier alpha value is -2.11. The van der Waals surface area contributed by atoms with Crippen LogP contribution in [0.15, 0.2) is 24.5 Å². The molecule has 0 aromatic carbocycles. The van der Waals surface area contributed by atoms with Crippen LogP contribution in [0, 0.1) is 0 Å². The van der Waals surface area contributed by atoms with Crippen LogP contribution in [0.2, 0.25) is 0 Å². The van der Waals surface area contributed by atoms with E-state index in [1.807, 2.05) is 25.1 Å². The average Bonchev–Trinajstić information content (AvgIpc) is 2.72.